The lowest BCUT2D eigenvalue weighted by Crippen LogP contribution is -2.32. The Morgan fingerprint density at radius 1 is 1.23 bits per heavy atom. The van der Waals surface area contributed by atoms with Gasteiger partial charge in [0.15, 0.2) is 0 Å². The van der Waals surface area contributed by atoms with Crippen molar-refractivity contribution in [1.29, 1.82) is 0 Å². The van der Waals surface area contributed by atoms with E-state index in [9.17, 15) is 9.18 Å². The number of benzene rings is 2. The van der Waals surface area contributed by atoms with Gasteiger partial charge in [-0.05, 0) is 55.3 Å². The van der Waals surface area contributed by atoms with Crippen molar-refractivity contribution in [3.05, 3.63) is 64.4 Å². The third-order valence-corrected chi connectivity index (χ3v) is 3.63. The molecule has 2 N–H and O–H groups in total. The second kappa shape index (κ2) is 7.27. The van der Waals surface area contributed by atoms with Crippen molar-refractivity contribution in [2.24, 2.45) is 0 Å². The number of carbonyl (C=O) groups excluding carboxylic acids is 1. The van der Waals surface area contributed by atoms with E-state index in [1.54, 1.807) is 25.1 Å². The van der Waals surface area contributed by atoms with Crippen LogP contribution in [-0.4, -0.2) is 12.5 Å². The summed E-state index contributed by atoms with van der Waals surface area (Å²) >= 11 is 5.84. The van der Waals surface area contributed by atoms with Gasteiger partial charge in [0, 0.05) is 10.7 Å². The largest absolute Gasteiger partial charge is 0.376 e. The van der Waals surface area contributed by atoms with Gasteiger partial charge >= 0.3 is 0 Å². The van der Waals surface area contributed by atoms with Crippen molar-refractivity contribution < 1.29 is 9.18 Å². The summed E-state index contributed by atoms with van der Waals surface area (Å²) < 4.78 is 13.0. The minimum absolute atomic E-state index is 0.110. The summed E-state index contributed by atoms with van der Waals surface area (Å²) in [6, 6.07) is 11.6. The van der Waals surface area contributed by atoms with E-state index in [1.807, 2.05) is 19.1 Å². The van der Waals surface area contributed by atoms with Crippen molar-refractivity contribution >= 4 is 23.2 Å². The Balaban J connectivity index is 1.88. The van der Waals surface area contributed by atoms with Gasteiger partial charge in [0.2, 0.25) is 5.91 Å². The van der Waals surface area contributed by atoms with E-state index in [0.717, 1.165) is 16.8 Å². The molecule has 2 rings (SSSR count). The number of aryl methyl sites for hydroxylation is 1. The summed E-state index contributed by atoms with van der Waals surface area (Å²) in [6.07, 6.45) is 0. The fraction of sp³-hybridized carbons (Fsp3) is 0.235. The first-order valence-electron chi connectivity index (χ1n) is 7.00. The van der Waals surface area contributed by atoms with Crippen LogP contribution in [0.2, 0.25) is 5.02 Å². The van der Waals surface area contributed by atoms with Crippen LogP contribution < -0.4 is 10.6 Å². The highest BCUT2D eigenvalue weighted by atomic mass is 35.5. The summed E-state index contributed by atoms with van der Waals surface area (Å²) in [4.78, 5) is 12.0. The molecule has 1 amide bonds. The van der Waals surface area contributed by atoms with Crippen molar-refractivity contribution in [2.45, 2.75) is 19.9 Å². The van der Waals surface area contributed by atoms with Gasteiger partial charge in [-0.25, -0.2) is 4.39 Å². The molecule has 0 aliphatic carbocycles. The van der Waals surface area contributed by atoms with E-state index in [2.05, 4.69) is 10.6 Å². The maximum absolute atomic E-state index is 13.0. The molecule has 0 saturated heterocycles. The Bertz CT molecular complexity index is 658. The predicted molar refractivity (Wildman–Crippen MR) is 87.6 cm³/mol. The highest BCUT2D eigenvalue weighted by Gasteiger charge is 2.10. The lowest BCUT2D eigenvalue weighted by Gasteiger charge is -2.15. The summed E-state index contributed by atoms with van der Waals surface area (Å²) in [5.41, 5.74) is 2.49. The second-order valence-electron chi connectivity index (χ2n) is 5.15. The molecule has 1 atom stereocenters. The first-order valence-corrected chi connectivity index (χ1v) is 7.38. The van der Waals surface area contributed by atoms with Crippen LogP contribution in [0.5, 0.6) is 0 Å². The molecule has 0 aromatic heterocycles. The van der Waals surface area contributed by atoms with Crippen LogP contribution in [0.1, 0.15) is 24.1 Å². The lowest BCUT2D eigenvalue weighted by molar-refractivity contribution is -0.120. The van der Waals surface area contributed by atoms with Gasteiger partial charge in [0.05, 0.1) is 12.6 Å². The zero-order valence-corrected chi connectivity index (χ0v) is 13.2. The molecule has 0 aliphatic rings. The SMILES string of the molecule is Cc1cc(F)ccc1NCC(=O)NC(C)c1ccc(Cl)cc1. The van der Waals surface area contributed by atoms with Gasteiger partial charge in [-0.3, -0.25) is 4.79 Å². The number of rotatable bonds is 5. The standard InChI is InChI=1S/C17H18ClFN2O/c1-11-9-15(19)7-8-16(11)20-10-17(22)21-12(2)13-3-5-14(18)6-4-13/h3-9,12,20H,10H2,1-2H3,(H,21,22). The maximum atomic E-state index is 13.0. The van der Waals surface area contributed by atoms with E-state index in [4.69, 9.17) is 11.6 Å². The van der Waals surface area contributed by atoms with Crippen LogP contribution >= 0.6 is 11.6 Å². The molecule has 0 radical (unpaired) electrons. The summed E-state index contributed by atoms with van der Waals surface area (Å²) in [5, 5.41) is 6.57. The van der Waals surface area contributed by atoms with E-state index >= 15 is 0 Å². The second-order valence-corrected chi connectivity index (χ2v) is 5.59. The van der Waals surface area contributed by atoms with Crippen LogP contribution in [0.25, 0.3) is 0 Å². The monoisotopic (exact) mass is 320 g/mol. The van der Waals surface area contributed by atoms with E-state index < -0.39 is 0 Å². The van der Waals surface area contributed by atoms with Gasteiger partial charge in [-0.2, -0.15) is 0 Å². The zero-order valence-electron chi connectivity index (χ0n) is 12.5. The Morgan fingerprint density at radius 3 is 2.55 bits per heavy atom. The van der Waals surface area contributed by atoms with E-state index in [-0.39, 0.29) is 24.3 Å². The summed E-state index contributed by atoms with van der Waals surface area (Å²) in [7, 11) is 0. The molecule has 0 saturated carbocycles. The fourth-order valence-electron chi connectivity index (χ4n) is 2.13. The van der Waals surface area contributed by atoms with Gasteiger partial charge in [-0.15, -0.1) is 0 Å². The summed E-state index contributed by atoms with van der Waals surface area (Å²) in [5.74, 6) is -0.421. The van der Waals surface area contributed by atoms with Crippen LogP contribution in [0.3, 0.4) is 0 Å². The molecular formula is C17H18ClFN2O. The van der Waals surface area contributed by atoms with Crippen LogP contribution in [0.15, 0.2) is 42.5 Å². The molecule has 22 heavy (non-hydrogen) atoms. The van der Waals surface area contributed by atoms with Gasteiger partial charge in [-0.1, -0.05) is 23.7 Å². The van der Waals surface area contributed by atoms with Crippen molar-refractivity contribution in [2.75, 3.05) is 11.9 Å². The molecule has 0 fully saturated rings. The minimum atomic E-state index is -0.288. The number of hydrogen-bond acceptors (Lipinski definition) is 2. The fourth-order valence-corrected chi connectivity index (χ4v) is 2.25. The Labute approximate surface area is 134 Å². The molecule has 5 heteroatoms. The molecule has 2 aromatic carbocycles. The topological polar surface area (TPSA) is 41.1 Å². The Kier molecular flexibility index (Phi) is 5.39. The zero-order chi connectivity index (χ0) is 16.1. The number of amides is 1. The predicted octanol–water partition coefficient (Wildman–Crippen LogP) is 4.08. The molecule has 0 aliphatic heterocycles. The first-order chi connectivity index (χ1) is 10.5. The molecule has 0 spiro atoms. The number of anilines is 1. The van der Waals surface area contributed by atoms with Crippen LogP contribution in [0.4, 0.5) is 10.1 Å². The quantitative estimate of drug-likeness (QED) is 0.871. The van der Waals surface area contributed by atoms with Crippen LogP contribution in [-0.2, 0) is 4.79 Å². The molecule has 3 nitrogen and oxygen atoms in total. The maximum Gasteiger partial charge on any atom is 0.239 e. The molecule has 1 unspecified atom stereocenters. The normalized spacial score (nSPS) is 11.8. The van der Waals surface area contributed by atoms with Crippen molar-refractivity contribution in [3.8, 4) is 0 Å². The highest BCUT2D eigenvalue weighted by Crippen LogP contribution is 2.17. The average molecular weight is 321 g/mol. The van der Waals surface area contributed by atoms with Crippen LogP contribution in [0, 0.1) is 12.7 Å². The molecule has 0 bridgehead atoms. The van der Waals surface area contributed by atoms with Crippen molar-refractivity contribution in [1.82, 2.24) is 5.32 Å². The summed E-state index contributed by atoms with van der Waals surface area (Å²) in [6.45, 7) is 3.83. The number of nitrogens with one attached hydrogen (secondary N) is 2. The van der Waals surface area contributed by atoms with Gasteiger partial charge < -0.3 is 10.6 Å². The average Bonchev–Trinajstić information content (AvgIpc) is 2.47. The molecular weight excluding hydrogens is 303 g/mol. The smallest absolute Gasteiger partial charge is 0.239 e. The van der Waals surface area contributed by atoms with Crippen molar-refractivity contribution in [3.63, 3.8) is 0 Å². The Morgan fingerprint density at radius 2 is 1.91 bits per heavy atom. The Hall–Kier alpha value is -2.07. The van der Waals surface area contributed by atoms with Gasteiger partial charge in [0.1, 0.15) is 5.82 Å². The van der Waals surface area contributed by atoms with E-state index in [1.165, 1.54) is 12.1 Å². The number of halogens is 2. The third-order valence-electron chi connectivity index (χ3n) is 3.38. The number of hydrogen-bond donors (Lipinski definition) is 2. The first kappa shape index (κ1) is 16.3. The number of carbonyl (C=O) groups is 1. The third kappa shape index (κ3) is 4.46. The lowest BCUT2D eigenvalue weighted by atomic mass is 10.1. The molecule has 0 heterocycles. The van der Waals surface area contributed by atoms with E-state index in [0.29, 0.717) is 5.02 Å². The van der Waals surface area contributed by atoms with Gasteiger partial charge in [0.25, 0.3) is 0 Å². The highest BCUT2D eigenvalue weighted by molar-refractivity contribution is 6.30. The molecule has 2 aromatic rings. The minimum Gasteiger partial charge on any atom is -0.376 e. The molecule has 116 valence electrons.